The lowest BCUT2D eigenvalue weighted by Gasteiger charge is -2.15. The summed E-state index contributed by atoms with van der Waals surface area (Å²) >= 11 is 0. The minimum Gasteiger partial charge on any atom is -0.492 e. The molecule has 16 heavy (non-hydrogen) atoms. The van der Waals surface area contributed by atoms with Gasteiger partial charge in [0.2, 0.25) is 0 Å². The predicted octanol–water partition coefficient (Wildman–Crippen LogP) is 2.08. The maximum absolute atomic E-state index is 13.6. The minimum absolute atomic E-state index is 0.0927. The quantitative estimate of drug-likeness (QED) is 0.838. The summed E-state index contributed by atoms with van der Waals surface area (Å²) in [6.07, 6.45) is 1.23. The molecule has 0 atom stereocenters. The van der Waals surface area contributed by atoms with Crippen molar-refractivity contribution in [2.24, 2.45) is 0 Å². The molecule has 0 saturated heterocycles. The highest BCUT2D eigenvalue weighted by molar-refractivity contribution is 5.51. The summed E-state index contributed by atoms with van der Waals surface area (Å²) in [6, 6.07) is 1.44. The largest absolute Gasteiger partial charge is 0.492 e. The Hall–Kier alpha value is -1.29. The van der Waals surface area contributed by atoms with Crippen LogP contribution < -0.4 is 9.47 Å². The second-order valence-corrected chi connectivity index (χ2v) is 3.54. The van der Waals surface area contributed by atoms with Gasteiger partial charge in [-0.3, -0.25) is 0 Å². The van der Waals surface area contributed by atoms with Crippen LogP contribution >= 0.6 is 0 Å². The molecule has 0 radical (unpaired) electrons. The van der Waals surface area contributed by atoms with Gasteiger partial charge in [0.1, 0.15) is 0 Å². The Bertz CT molecular complexity index is 364. The predicted molar refractivity (Wildman–Crippen MR) is 59.6 cm³/mol. The SMILES string of the molecule is COc1c(F)cc(CCCO)c(C)c1OC. The maximum Gasteiger partial charge on any atom is 0.197 e. The fourth-order valence-corrected chi connectivity index (χ4v) is 1.72. The van der Waals surface area contributed by atoms with Crippen molar-refractivity contribution in [1.29, 1.82) is 0 Å². The summed E-state index contributed by atoms with van der Waals surface area (Å²) in [5, 5.41) is 8.77. The molecule has 1 aromatic rings. The second kappa shape index (κ2) is 5.70. The van der Waals surface area contributed by atoms with Crippen LogP contribution in [-0.2, 0) is 6.42 Å². The van der Waals surface area contributed by atoms with E-state index in [4.69, 9.17) is 14.6 Å². The van der Waals surface area contributed by atoms with Gasteiger partial charge >= 0.3 is 0 Å². The van der Waals surface area contributed by atoms with Crippen molar-refractivity contribution in [3.05, 3.63) is 23.0 Å². The molecule has 0 saturated carbocycles. The zero-order chi connectivity index (χ0) is 12.1. The average Bonchev–Trinajstić information content (AvgIpc) is 2.29. The molecule has 0 aliphatic rings. The third-order valence-corrected chi connectivity index (χ3v) is 2.56. The Morgan fingerprint density at radius 2 is 1.88 bits per heavy atom. The van der Waals surface area contributed by atoms with E-state index in [9.17, 15) is 4.39 Å². The second-order valence-electron chi connectivity index (χ2n) is 3.54. The monoisotopic (exact) mass is 228 g/mol. The first-order valence-electron chi connectivity index (χ1n) is 5.16. The van der Waals surface area contributed by atoms with E-state index in [2.05, 4.69) is 0 Å². The van der Waals surface area contributed by atoms with Gasteiger partial charge in [-0.15, -0.1) is 0 Å². The molecule has 0 aromatic heterocycles. The molecule has 0 aliphatic carbocycles. The van der Waals surface area contributed by atoms with Crippen molar-refractivity contribution < 1.29 is 19.0 Å². The summed E-state index contributed by atoms with van der Waals surface area (Å²) in [4.78, 5) is 0. The van der Waals surface area contributed by atoms with Gasteiger partial charge in [-0.05, 0) is 37.0 Å². The number of aliphatic hydroxyl groups is 1. The molecule has 4 heteroatoms. The van der Waals surface area contributed by atoms with Crippen LogP contribution in [0.3, 0.4) is 0 Å². The van der Waals surface area contributed by atoms with E-state index in [1.165, 1.54) is 20.3 Å². The Labute approximate surface area is 94.8 Å². The fraction of sp³-hybridized carbons (Fsp3) is 0.500. The van der Waals surface area contributed by atoms with Crippen LogP contribution in [0.2, 0.25) is 0 Å². The van der Waals surface area contributed by atoms with Crippen LogP contribution in [0, 0.1) is 12.7 Å². The number of aryl methyl sites for hydroxylation is 1. The van der Waals surface area contributed by atoms with Crippen LogP contribution in [0.15, 0.2) is 6.07 Å². The third-order valence-electron chi connectivity index (χ3n) is 2.56. The van der Waals surface area contributed by atoms with E-state index in [0.29, 0.717) is 18.6 Å². The van der Waals surface area contributed by atoms with E-state index >= 15 is 0 Å². The highest BCUT2D eigenvalue weighted by atomic mass is 19.1. The number of aliphatic hydroxyl groups excluding tert-OH is 1. The first-order chi connectivity index (χ1) is 7.65. The molecular weight excluding hydrogens is 211 g/mol. The zero-order valence-corrected chi connectivity index (χ0v) is 9.84. The Morgan fingerprint density at radius 1 is 1.25 bits per heavy atom. The van der Waals surface area contributed by atoms with Gasteiger partial charge in [0.15, 0.2) is 17.3 Å². The summed E-state index contributed by atoms with van der Waals surface area (Å²) in [7, 11) is 2.90. The first kappa shape index (κ1) is 12.8. The number of hydrogen-bond acceptors (Lipinski definition) is 3. The van der Waals surface area contributed by atoms with E-state index in [0.717, 1.165) is 11.1 Å². The molecule has 1 rings (SSSR count). The smallest absolute Gasteiger partial charge is 0.197 e. The van der Waals surface area contributed by atoms with Crippen molar-refractivity contribution in [1.82, 2.24) is 0 Å². The number of halogens is 1. The lowest BCUT2D eigenvalue weighted by atomic mass is 10.0. The summed E-state index contributed by atoms with van der Waals surface area (Å²) in [6.45, 7) is 1.95. The molecule has 1 N–H and O–H groups in total. The third kappa shape index (κ3) is 2.44. The van der Waals surface area contributed by atoms with Gasteiger partial charge in [0.05, 0.1) is 14.2 Å². The summed E-state index contributed by atoms with van der Waals surface area (Å²) in [5.41, 5.74) is 1.69. The fourth-order valence-electron chi connectivity index (χ4n) is 1.72. The van der Waals surface area contributed by atoms with E-state index in [1.54, 1.807) is 0 Å². The van der Waals surface area contributed by atoms with Gasteiger partial charge in [-0.1, -0.05) is 0 Å². The van der Waals surface area contributed by atoms with Crippen LogP contribution in [-0.4, -0.2) is 25.9 Å². The molecule has 90 valence electrons. The number of ether oxygens (including phenoxy) is 2. The highest BCUT2D eigenvalue weighted by Crippen LogP contribution is 2.36. The van der Waals surface area contributed by atoms with Gasteiger partial charge < -0.3 is 14.6 Å². The lowest BCUT2D eigenvalue weighted by molar-refractivity contribution is 0.288. The Morgan fingerprint density at radius 3 is 2.38 bits per heavy atom. The van der Waals surface area contributed by atoms with Crippen LogP contribution in [0.4, 0.5) is 4.39 Å². The molecule has 0 spiro atoms. The molecular formula is C12H17FO3. The number of benzene rings is 1. The minimum atomic E-state index is -0.433. The van der Waals surface area contributed by atoms with Crippen molar-refractivity contribution in [3.8, 4) is 11.5 Å². The molecule has 0 bridgehead atoms. The van der Waals surface area contributed by atoms with Crippen molar-refractivity contribution in [3.63, 3.8) is 0 Å². The normalized spacial score (nSPS) is 10.3. The molecule has 0 unspecified atom stereocenters. The average molecular weight is 228 g/mol. The number of rotatable bonds is 5. The molecule has 0 amide bonds. The lowest BCUT2D eigenvalue weighted by Crippen LogP contribution is -2.01. The van der Waals surface area contributed by atoms with Crippen LogP contribution in [0.25, 0.3) is 0 Å². The first-order valence-corrected chi connectivity index (χ1v) is 5.16. The molecule has 0 fully saturated rings. The van der Waals surface area contributed by atoms with E-state index in [-0.39, 0.29) is 12.4 Å². The van der Waals surface area contributed by atoms with Gasteiger partial charge in [-0.2, -0.15) is 0 Å². The zero-order valence-electron chi connectivity index (χ0n) is 9.84. The van der Waals surface area contributed by atoms with Crippen LogP contribution in [0.5, 0.6) is 11.5 Å². The summed E-state index contributed by atoms with van der Waals surface area (Å²) in [5.74, 6) is 0.126. The van der Waals surface area contributed by atoms with Crippen molar-refractivity contribution >= 4 is 0 Å². The molecule has 0 aliphatic heterocycles. The van der Waals surface area contributed by atoms with Gasteiger partial charge in [0, 0.05) is 6.61 Å². The Kier molecular flexibility index (Phi) is 4.55. The van der Waals surface area contributed by atoms with Crippen LogP contribution in [0.1, 0.15) is 17.5 Å². The molecule has 1 aromatic carbocycles. The topological polar surface area (TPSA) is 38.7 Å². The Balaban J connectivity index is 3.17. The van der Waals surface area contributed by atoms with E-state index < -0.39 is 5.82 Å². The molecule has 3 nitrogen and oxygen atoms in total. The van der Waals surface area contributed by atoms with Crippen molar-refractivity contribution in [2.45, 2.75) is 19.8 Å². The maximum atomic E-state index is 13.6. The summed E-state index contributed by atoms with van der Waals surface area (Å²) < 4.78 is 23.7. The molecule has 0 heterocycles. The van der Waals surface area contributed by atoms with Crippen molar-refractivity contribution in [2.75, 3.05) is 20.8 Å². The standard InChI is InChI=1S/C12H17FO3/c1-8-9(5-4-6-14)7-10(13)12(16-3)11(8)15-2/h7,14H,4-6H2,1-3H3. The highest BCUT2D eigenvalue weighted by Gasteiger charge is 2.16. The van der Waals surface area contributed by atoms with E-state index in [1.807, 2.05) is 6.92 Å². The van der Waals surface area contributed by atoms with Gasteiger partial charge in [-0.25, -0.2) is 4.39 Å². The van der Waals surface area contributed by atoms with Gasteiger partial charge in [0.25, 0.3) is 0 Å². The number of methoxy groups -OCH3 is 2. The number of hydrogen-bond donors (Lipinski definition) is 1.